The molecule has 0 aliphatic heterocycles. The number of carbonyl (C=O) groups is 1. The van der Waals surface area contributed by atoms with Crippen LogP contribution >= 0.6 is 0 Å². The summed E-state index contributed by atoms with van der Waals surface area (Å²) in [7, 11) is -4.10. The third-order valence-electron chi connectivity index (χ3n) is 2.24. The topological polar surface area (TPSA) is 97.5 Å². The molecule has 0 radical (unpaired) electrons. The molecular weight excluding hydrogens is 268 g/mol. The monoisotopic (exact) mass is 279 g/mol. The molecule has 1 aromatic rings. The maximum atomic E-state index is 13.8. The van der Waals surface area contributed by atoms with Crippen LogP contribution in [0.1, 0.15) is 18.0 Å². The second kappa shape index (κ2) is 4.99. The summed E-state index contributed by atoms with van der Waals surface area (Å²) in [5.41, 5.74) is 5.07. The van der Waals surface area contributed by atoms with Crippen LogP contribution < -0.4 is 5.73 Å². The lowest BCUT2D eigenvalue weighted by molar-refractivity contribution is -0.137. The second-order valence-electron chi connectivity index (χ2n) is 3.76. The first-order valence-corrected chi connectivity index (χ1v) is 6.69. The van der Waals surface area contributed by atoms with E-state index in [1.54, 1.807) is 0 Å². The summed E-state index contributed by atoms with van der Waals surface area (Å²) in [6.45, 7) is 0. The lowest BCUT2D eigenvalue weighted by atomic mass is 10.0. The van der Waals surface area contributed by atoms with Gasteiger partial charge in [-0.25, -0.2) is 17.2 Å². The SMILES string of the molecule is CS(=O)(=O)c1c(F)ccc(C(N)CC(=O)O)c1F. The first-order chi connectivity index (χ1) is 8.14. The van der Waals surface area contributed by atoms with Crippen LogP contribution in [0.3, 0.4) is 0 Å². The number of carboxylic acid groups (broad SMARTS) is 1. The van der Waals surface area contributed by atoms with E-state index >= 15 is 0 Å². The lowest BCUT2D eigenvalue weighted by Crippen LogP contribution is -2.18. The second-order valence-corrected chi connectivity index (χ2v) is 5.71. The number of hydrogen-bond acceptors (Lipinski definition) is 4. The Morgan fingerprint density at radius 3 is 2.44 bits per heavy atom. The van der Waals surface area contributed by atoms with Gasteiger partial charge in [0, 0.05) is 17.9 Å². The van der Waals surface area contributed by atoms with E-state index in [9.17, 15) is 22.0 Å². The zero-order valence-corrected chi connectivity index (χ0v) is 10.2. The summed E-state index contributed by atoms with van der Waals surface area (Å²) in [6, 6.07) is 0.437. The van der Waals surface area contributed by atoms with Gasteiger partial charge in [0.05, 0.1) is 6.42 Å². The molecule has 0 bridgehead atoms. The Morgan fingerprint density at radius 1 is 1.44 bits per heavy atom. The highest BCUT2D eigenvalue weighted by Crippen LogP contribution is 2.26. The molecule has 0 aliphatic carbocycles. The van der Waals surface area contributed by atoms with Gasteiger partial charge in [0.1, 0.15) is 16.5 Å². The lowest BCUT2D eigenvalue weighted by Gasteiger charge is -2.13. The Balaban J connectivity index is 3.38. The minimum atomic E-state index is -4.10. The van der Waals surface area contributed by atoms with Crippen LogP contribution in [-0.2, 0) is 14.6 Å². The Bertz CT molecular complexity index is 586. The van der Waals surface area contributed by atoms with Crippen LogP contribution in [0.4, 0.5) is 8.78 Å². The highest BCUT2D eigenvalue weighted by molar-refractivity contribution is 7.90. The van der Waals surface area contributed by atoms with Gasteiger partial charge in [-0.3, -0.25) is 4.79 Å². The van der Waals surface area contributed by atoms with Crippen molar-refractivity contribution in [1.29, 1.82) is 0 Å². The van der Waals surface area contributed by atoms with Crippen molar-refractivity contribution >= 4 is 15.8 Å². The zero-order valence-electron chi connectivity index (χ0n) is 9.35. The molecule has 1 unspecified atom stereocenters. The fourth-order valence-electron chi connectivity index (χ4n) is 1.47. The summed E-state index contributed by atoms with van der Waals surface area (Å²) in [6.07, 6.45) is 0.0622. The van der Waals surface area contributed by atoms with E-state index in [0.29, 0.717) is 6.26 Å². The molecule has 1 atom stereocenters. The molecule has 0 heterocycles. The summed E-state index contributed by atoms with van der Waals surface area (Å²) in [4.78, 5) is 9.35. The molecular formula is C10H11F2NO4S. The van der Waals surface area contributed by atoms with E-state index in [0.717, 1.165) is 12.1 Å². The predicted molar refractivity (Wildman–Crippen MR) is 58.6 cm³/mol. The number of rotatable bonds is 4. The van der Waals surface area contributed by atoms with E-state index in [1.165, 1.54) is 0 Å². The Labute approximate surface area is 102 Å². The first kappa shape index (κ1) is 14.5. The van der Waals surface area contributed by atoms with Crippen LogP contribution in [0.2, 0.25) is 0 Å². The van der Waals surface area contributed by atoms with E-state index < -0.39 is 44.8 Å². The number of carboxylic acids is 1. The average molecular weight is 279 g/mol. The summed E-state index contributed by atoms with van der Waals surface area (Å²) < 4.78 is 49.6. The van der Waals surface area contributed by atoms with Gasteiger partial charge < -0.3 is 10.8 Å². The van der Waals surface area contributed by atoms with Crippen molar-refractivity contribution in [3.8, 4) is 0 Å². The maximum absolute atomic E-state index is 13.8. The van der Waals surface area contributed by atoms with Crippen molar-refractivity contribution in [3.63, 3.8) is 0 Å². The molecule has 1 aromatic carbocycles. The third kappa shape index (κ3) is 3.02. The van der Waals surface area contributed by atoms with Gasteiger partial charge in [0.15, 0.2) is 9.84 Å². The smallest absolute Gasteiger partial charge is 0.305 e. The van der Waals surface area contributed by atoms with Gasteiger partial charge in [-0.15, -0.1) is 0 Å². The number of halogens is 2. The molecule has 0 aromatic heterocycles. The molecule has 3 N–H and O–H groups in total. The van der Waals surface area contributed by atoms with Gasteiger partial charge in [-0.1, -0.05) is 6.07 Å². The fraction of sp³-hybridized carbons (Fsp3) is 0.300. The minimum Gasteiger partial charge on any atom is -0.481 e. The van der Waals surface area contributed by atoms with E-state index in [2.05, 4.69) is 0 Å². The van der Waals surface area contributed by atoms with Crippen molar-refractivity contribution < 1.29 is 27.1 Å². The molecule has 0 saturated heterocycles. The highest BCUT2D eigenvalue weighted by atomic mass is 32.2. The molecule has 5 nitrogen and oxygen atoms in total. The molecule has 0 aliphatic rings. The van der Waals surface area contributed by atoms with Crippen LogP contribution in [-0.4, -0.2) is 25.7 Å². The quantitative estimate of drug-likeness (QED) is 0.851. The predicted octanol–water partition coefficient (Wildman–Crippen LogP) is 0.843. The number of nitrogens with two attached hydrogens (primary N) is 1. The van der Waals surface area contributed by atoms with Crippen molar-refractivity contribution in [2.24, 2.45) is 5.73 Å². The van der Waals surface area contributed by atoms with E-state index in [1.807, 2.05) is 0 Å². The first-order valence-electron chi connectivity index (χ1n) is 4.80. The summed E-state index contributed by atoms with van der Waals surface area (Å²) in [5.74, 6) is -3.85. The molecule has 0 spiro atoms. The molecule has 0 saturated carbocycles. The van der Waals surface area contributed by atoms with Gasteiger partial charge in [-0.2, -0.15) is 0 Å². The molecule has 8 heteroatoms. The normalized spacial score (nSPS) is 13.3. The van der Waals surface area contributed by atoms with Crippen molar-refractivity contribution in [2.45, 2.75) is 17.4 Å². The molecule has 18 heavy (non-hydrogen) atoms. The van der Waals surface area contributed by atoms with Crippen LogP contribution in [0.25, 0.3) is 0 Å². The summed E-state index contributed by atoms with van der Waals surface area (Å²) >= 11 is 0. The Hall–Kier alpha value is -1.54. The van der Waals surface area contributed by atoms with Gasteiger partial charge in [0.25, 0.3) is 0 Å². The molecule has 0 fully saturated rings. The maximum Gasteiger partial charge on any atom is 0.305 e. The molecule has 100 valence electrons. The largest absolute Gasteiger partial charge is 0.481 e. The standard InChI is InChI=1S/C10H11F2NO4S/c1-18(16,17)10-6(11)3-2-5(9(10)12)7(13)4-8(14)15/h2-3,7H,4,13H2,1H3,(H,14,15). The van der Waals surface area contributed by atoms with Crippen molar-refractivity contribution in [1.82, 2.24) is 0 Å². The van der Waals surface area contributed by atoms with Crippen molar-refractivity contribution in [3.05, 3.63) is 29.3 Å². The van der Waals surface area contributed by atoms with Crippen LogP contribution in [0.15, 0.2) is 17.0 Å². The summed E-state index contributed by atoms with van der Waals surface area (Å²) in [5, 5.41) is 8.53. The zero-order chi connectivity index (χ0) is 14.1. The van der Waals surface area contributed by atoms with Crippen LogP contribution in [0, 0.1) is 11.6 Å². The highest BCUT2D eigenvalue weighted by Gasteiger charge is 2.25. The molecule has 1 rings (SSSR count). The van der Waals surface area contributed by atoms with E-state index in [-0.39, 0.29) is 5.56 Å². The van der Waals surface area contributed by atoms with E-state index in [4.69, 9.17) is 10.8 Å². The number of aliphatic carboxylic acids is 1. The number of sulfone groups is 1. The minimum absolute atomic E-state index is 0.348. The average Bonchev–Trinajstić information content (AvgIpc) is 2.13. The van der Waals surface area contributed by atoms with Gasteiger partial charge in [-0.05, 0) is 6.07 Å². The van der Waals surface area contributed by atoms with Crippen molar-refractivity contribution in [2.75, 3.05) is 6.26 Å². The molecule has 0 amide bonds. The van der Waals surface area contributed by atoms with Gasteiger partial charge in [0.2, 0.25) is 0 Å². The number of benzene rings is 1. The van der Waals surface area contributed by atoms with Crippen LogP contribution in [0.5, 0.6) is 0 Å². The number of hydrogen-bond donors (Lipinski definition) is 2. The fourth-order valence-corrected chi connectivity index (χ4v) is 2.34. The Morgan fingerprint density at radius 2 is 2.00 bits per heavy atom. The third-order valence-corrected chi connectivity index (χ3v) is 3.36. The van der Waals surface area contributed by atoms with Gasteiger partial charge >= 0.3 is 5.97 Å². The Kier molecular flexibility index (Phi) is 4.02.